The molecule has 1 aliphatic rings. The molecule has 0 spiro atoms. The Bertz CT molecular complexity index is 627. The van der Waals surface area contributed by atoms with Gasteiger partial charge < -0.3 is 10.2 Å². The lowest BCUT2D eigenvalue weighted by Gasteiger charge is -2.32. The van der Waals surface area contributed by atoms with Gasteiger partial charge in [-0.15, -0.1) is 0 Å². The number of likely N-dealkylation sites (tertiary alicyclic amines) is 1. The van der Waals surface area contributed by atoms with Gasteiger partial charge in [-0.3, -0.25) is 4.79 Å². The first kappa shape index (κ1) is 14.6. The normalized spacial score (nSPS) is 19.0. The molecule has 22 heavy (non-hydrogen) atoms. The number of nitrogens with zero attached hydrogens (tertiary/aromatic N) is 5. The van der Waals surface area contributed by atoms with Crippen LogP contribution < -0.4 is 5.32 Å². The van der Waals surface area contributed by atoms with Gasteiger partial charge in [0.25, 0.3) is 5.91 Å². The smallest absolute Gasteiger partial charge is 0.251 e. The Morgan fingerprint density at radius 3 is 3.18 bits per heavy atom. The van der Waals surface area contributed by atoms with Gasteiger partial charge in [-0.25, -0.2) is 14.6 Å². The molecule has 1 aliphatic heterocycles. The van der Waals surface area contributed by atoms with Crippen LogP contribution in [0.1, 0.15) is 30.1 Å². The minimum atomic E-state index is -0.0632. The number of carbonyl (C=O) groups is 1. The summed E-state index contributed by atoms with van der Waals surface area (Å²) in [6, 6.07) is 3.66. The van der Waals surface area contributed by atoms with Crippen LogP contribution in [0, 0.1) is 0 Å². The van der Waals surface area contributed by atoms with Crippen LogP contribution in [0.3, 0.4) is 0 Å². The average molecular weight is 300 g/mol. The molecule has 0 bridgehead atoms. The summed E-state index contributed by atoms with van der Waals surface area (Å²) >= 11 is 0. The van der Waals surface area contributed by atoms with Crippen LogP contribution in [0.2, 0.25) is 0 Å². The van der Waals surface area contributed by atoms with Crippen LogP contribution in [0.15, 0.2) is 31.0 Å². The number of carbonyl (C=O) groups excluding carboxylic acids is 1. The molecule has 7 nitrogen and oxygen atoms in total. The molecule has 1 amide bonds. The lowest BCUT2D eigenvalue weighted by Crippen LogP contribution is -2.47. The number of nitrogens with one attached hydrogen (secondary N) is 1. The number of rotatable bonds is 4. The van der Waals surface area contributed by atoms with E-state index in [9.17, 15) is 4.79 Å². The molecule has 7 heteroatoms. The number of hydrogen-bond acceptors (Lipinski definition) is 5. The quantitative estimate of drug-likeness (QED) is 0.907. The van der Waals surface area contributed by atoms with E-state index in [4.69, 9.17) is 0 Å². The van der Waals surface area contributed by atoms with Gasteiger partial charge in [0.05, 0.1) is 0 Å². The summed E-state index contributed by atoms with van der Waals surface area (Å²) in [5.41, 5.74) is 0.592. The van der Waals surface area contributed by atoms with E-state index in [0.717, 1.165) is 32.5 Å². The van der Waals surface area contributed by atoms with E-state index in [1.807, 2.05) is 0 Å². The summed E-state index contributed by atoms with van der Waals surface area (Å²) in [4.78, 5) is 22.9. The fourth-order valence-corrected chi connectivity index (χ4v) is 2.74. The Kier molecular flexibility index (Phi) is 4.43. The van der Waals surface area contributed by atoms with Crippen molar-refractivity contribution in [3.05, 3.63) is 36.5 Å². The lowest BCUT2D eigenvalue weighted by molar-refractivity contribution is 0.0905. The van der Waals surface area contributed by atoms with Gasteiger partial charge in [0.15, 0.2) is 5.82 Å². The molecule has 3 heterocycles. The van der Waals surface area contributed by atoms with Crippen LogP contribution in [-0.4, -0.2) is 56.2 Å². The predicted octanol–water partition coefficient (Wildman–Crippen LogP) is 0.876. The van der Waals surface area contributed by atoms with E-state index in [0.29, 0.717) is 11.4 Å². The maximum absolute atomic E-state index is 12.4. The van der Waals surface area contributed by atoms with Crippen molar-refractivity contribution in [2.24, 2.45) is 0 Å². The number of aromatic nitrogens is 4. The largest absolute Gasteiger partial charge is 0.348 e. The van der Waals surface area contributed by atoms with Gasteiger partial charge >= 0.3 is 0 Å². The first-order valence-electron chi connectivity index (χ1n) is 7.60. The zero-order valence-corrected chi connectivity index (χ0v) is 12.6. The third-order valence-corrected chi connectivity index (χ3v) is 3.95. The second-order valence-electron chi connectivity index (χ2n) is 5.45. The number of pyridine rings is 1. The molecule has 1 unspecified atom stereocenters. The van der Waals surface area contributed by atoms with E-state index in [2.05, 4.69) is 32.2 Å². The van der Waals surface area contributed by atoms with Crippen LogP contribution >= 0.6 is 0 Å². The van der Waals surface area contributed by atoms with Gasteiger partial charge in [-0.05, 0) is 38.1 Å². The van der Waals surface area contributed by atoms with Crippen molar-refractivity contribution < 1.29 is 4.79 Å². The molecular formula is C15H20N6O. The Labute approximate surface area is 129 Å². The van der Waals surface area contributed by atoms with Crippen molar-refractivity contribution in [2.75, 3.05) is 19.6 Å². The summed E-state index contributed by atoms with van der Waals surface area (Å²) in [6.07, 6.45) is 6.77. The monoisotopic (exact) mass is 300 g/mol. The lowest BCUT2D eigenvalue weighted by atomic mass is 10.1. The minimum absolute atomic E-state index is 0.0632. The summed E-state index contributed by atoms with van der Waals surface area (Å²) in [5.74, 6) is 0.524. The molecule has 0 radical (unpaired) electrons. The third-order valence-electron chi connectivity index (χ3n) is 3.95. The zero-order valence-electron chi connectivity index (χ0n) is 12.6. The Balaban J connectivity index is 1.68. The molecule has 116 valence electrons. The van der Waals surface area contributed by atoms with Gasteiger partial charge in [-0.2, -0.15) is 5.10 Å². The van der Waals surface area contributed by atoms with E-state index in [-0.39, 0.29) is 11.9 Å². The van der Waals surface area contributed by atoms with Crippen molar-refractivity contribution in [1.29, 1.82) is 0 Å². The molecular weight excluding hydrogens is 280 g/mol. The number of amides is 1. The van der Waals surface area contributed by atoms with Gasteiger partial charge in [0, 0.05) is 24.3 Å². The van der Waals surface area contributed by atoms with Gasteiger partial charge in [0.1, 0.15) is 12.7 Å². The molecule has 3 rings (SSSR count). The van der Waals surface area contributed by atoms with E-state index < -0.39 is 0 Å². The average Bonchev–Trinajstić information content (AvgIpc) is 3.09. The molecule has 1 saturated heterocycles. The first-order chi connectivity index (χ1) is 10.8. The summed E-state index contributed by atoms with van der Waals surface area (Å²) < 4.78 is 1.54. The Morgan fingerprint density at radius 1 is 1.50 bits per heavy atom. The first-order valence-corrected chi connectivity index (χ1v) is 7.60. The van der Waals surface area contributed by atoms with Crippen molar-refractivity contribution >= 4 is 5.91 Å². The van der Waals surface area contributed by atoms with Gasteiger partial charge in [0.2, 0.25) is 0 Å². The maximum atomic E-state index is 12.4. The highest BCUT2D eigenvalue weighted by Crippen LogP contribution is 2.11. The van der Waals surface area contributed by atoms with Crippen molar-refractivity contribution in [2.45, 2.75) is 25.8 Å². The SMILES string of the molecule is CCN1CCCC(NC(=O)c2ccnc(-n3cncn3)c2)C1. The molecule has 2 aromatic heterocycles. The molecule has 1 atom stereocenters. The highest BCUT2D eigenvalue weighted by Gasteiger charge is 2.21. The summed E-state index contributed by atoms with van der Waals surface area (Å²) in [6.45, 7) is 5.22. The second-order valence-corrected chi connectivity index (χ2v) is 5.45. The van der Waals surface area contributed by atoms with E-state index in [1.165, 1.54) is 11.0 Å². The van der Waals surface area contributed by atoms with Crippen LogP contribution in [0.4, 0.5) is 0 Å². The van der Waals surface area contributed by atoms with Crippen molar-refractivity contribution in [3.63, 3.8) is 0 Å². The van der Waals surface area contributed by atoms with E-state index >= 15 is 0 Å². The standard InChI is InChI=1S/C15H20N6O/c1-2-20-7-3-4-13(9-20)19-15(22)12-5-6-17-14(8-12)21-11-16-10-18-21/h5-6,8,10-11,13H,2-4,7,9H2,1H3,(H,19,22). The van der Waals surface area contributed by atoms with Crippen LogP contribution in [0.25, 0.3) is 5.82 Å². The molecule has 1 N–H and O–H groups in total. The number of likely N-dealkylation sites (N-methyl/N-ethyl adjacent to an activating group) is 1. The molecule has 0 aromatic carbocycles. The van der Waals surface area contributed by atoms with E-state index in [1.54, 1.807) is 24.7 Å². The topological polar surface area (TPSA) is 75.9 Å². The predicted molar refractivity (Wildman–Crippen MR) is 81.8 cm³/mol. The van der Waals surface area contributed by atoms with Crippen LogP contribution in [-0.2, 0) is 0 Å². The highest BCUT2D eigenvalue weighted by atomic mass is 16.1. The van der Waals surface area contributed by atoms with Crippen LogP contribution in [0.5, 0.6) is 0 Å². The fraction of sp³-hybridized carbons (Fsp3) is 0.467. The maximum Gasteiger partial charge on any atom is 0.251 e. The highest BCUT2D eigenvalue weighted by molar-refractivity contribution is 5.94. The molecule has 0 aliphatic carbocycles. The summed E-state index contributed by atoms with van der Waals surface area (Å²) in [7, 11) is 0. The zero-order chi connectivity index (χ0) is 15.4. The molecule has 2 aromatic rings. The Hall–Kier alpha value is -2.28. The fourth-order valence-electron chi connectivity index (χ4n) is 2.74. The number of piperidine rings is 1. The second kappa shape index (κ2) is 6.65. The minimum Gasteiger partial charge on any atom is -0.348 e. The summed E-state index contributed by atoms with van der Waals surface area (Å²) in [5, 5.41) is 7.15. The molecule has 1 fully saturated rings. The number of hydrogen-bond donors (Lipinski definition) is 1. The van der Waals surface area contributed by atoms with Crippen molar-refractivity contribution in [1.82, 2.24) is 30.0 Å². The third kappa shape index (κ3) is 3.30. The Morgan fingerprint density at radius 2 is 2.41 bits per heavy atom. The van der Waals surface area contributed by atoms with Crippen molar-refractivity contribution in [3.8, 4) is 5.82 Å². The van der Waals surface area contributed by atoms with Gasteiger partial charge in [-0.1, -0.05) is 6.92 Å². The molecule has 0 saturated carbocycles.